The van der Waals surface area contributed by atoms with Crippen molar-refractivity contribution in [3.05, 3.63) is 90.3 Å². The number of hydrogen-bond donors (Lipinski definition) is 1. The number of aromatic carboxylic acids is 1. The number of carbonyl (C=O) groups is 1. The minimum Gasteiger partial charge on any atom is -0.489 e. The lowest BCUT2D eigenvalue weighted by Gasteiger charge is -2.06. The van der Waals surface area contributed by atoms with E-state index in [1.807, 2.05) is 60.8 Å². The van der Waals surface area contributed by atoms with Gasteiger partial charge >= 0.3 is 5.97 Å². The smallest absolute Gasteiger partial charge is 0.337 e. The third kappa shape index (κ3) is 3.28. The van der Waals surface area contributed by atoms with Crippen molar-refractivity contribution < 1.29 is 14.6 Å². The Labute approximate surface area is 150 Å². The molecule has 0 spiro atoms. The van der Waals surface area contributed by atoms with E-state index in [1.54, 1.807) is 22.7 Å². The maximum atomic E-state index is 11.1. The van der Waals surface area contributed by atoms with Crippen molar-refractivity contribution in [2.24, 2.45) is 0 Å². The Hall–Kier alpha value is -3.60. The molecule has 26 heavy (non-hydrogen) atoms. The minimum absolute atomic E-state index is 0.228. The summed E-state index contributed by atoms with van der Waals surface area (Å²) in [6, 6.07) is 21.0. The van der Waals surface area contributed by atoms with Crippen molar-refractivity contribution in [3.63, 3.8) is 0 Å². The number of nitrogens with zero attached hydrogens (tertiary/aromatic N) is 2. The van der Waals surface area contributed by atoms with Gasteiger partial charge in [-0.3, -0.25) is 0 Å². The minimum atomic E-state index is -0.956. The summed E-state index contributed by atoms with van der Waals surface area (Å²) in [5.74, 6) is -0.170. The molecule has 2 aromatic heterocycles. The van der Waals surface area contributed by atoms with Crippen LogP contribution < -0.4 is 4.74 Å². The van der Waals surface area contributed by atoms with E-state index in [2.05, 4.69) is 4.98 Å². The van der Waals surface area contributed by atoms with Gasteiger partial charge in [0.25, 0.3) is 0 Å². The van der Waals surface area contributed by atoms with Gasteiger partial charge in [0.2, 0.25) is 0 Å². The Kier molecular flexibility index (Phi) is 4.11. The summed E-state index contributed by atoms with van der Waals surface area (Å²) >= 11 is 0. The molecule has 0 unspecified atom stereocenters. The van der Waals surface area contributed by atoms with Gasteiger partial charge in [-0.15, -0.1) is 0 Å². The van der Waals surface area contributed by atoms with E-state index in [-0.39, 0.29) is 5.56 Å². The van der Waals surface area contributed by atoms with Crippen molar-refractivity contribution in [1.29, 1.82) is 0 Å². The van der Waals surface area contributed by atoms with Crippen molar-refractivity contribution in [1.82, 2.24) is 9.38 Å². The first kappa shape index (κ1) is 15.9. The van der Waals surface area contributed by atoms with Crippen LogP contribution in [0.4, 0.5) is 0 Å². The van der Waals surface area contributed by atoms with Crippen molar-refractivity contribution in [2.45, 2.75) is 6.61 Å². The number of carboxylic acids is 1. The van der Waals surface area contributed by atoms with Crippen LogP contribution in [-0.2, 0) is 6.61 Å². The fraction of sp³-hybridized carbons (Fsp3) is 0.0476. The van der Waals surface area contributed by atoms with Gasteiger partial charge in [0.1, 0.15) is 18.0 Å². The van der Waals surface area contributed by atoms with Crippen molar-refractivity contribution >= 4 is 11.6 Å². The Balaban J connectivity index is 1.53. The van der Waals surface area contributed by atoms with E-state index in [9.17, 15) is 4.79 Å². The monoisotopic (exact) mass is 344 g/mol. The standard InChI is InChI=1S/C21H16N2O3/c24-21(25)17-8-11-20-22-19(13-23(20)12-17)16-6-9-18(10-7-16)26-14-15-4-2-1-3-5-15/h1-13H,14H2,(H,24,25). The number of pyridine rings is 1. The van der Waals surface area contributed by atoms with E-state index in [4.69, 9.17) is 9.84 Å². The highest BCUT2D eigenvalue weighted by Gasteiger charge is 2.08. The molecule has 2 aromatic carbocycles. The van der Waals surface area contributed by atoms with Crippen molar-refractivity contribution in [2.75, 3.05) is 0 Å². The molecule has 4 rings (SSSR count). The first-order valence-electron chi connectivity index (χ1n) is 8.18. The molecule has 0 aliphatic rings. The molecule has 1 N–H and O–H groups in total. The molecule has 0 aliphatic carbocycles. The molecule has 0 aliphatic heterocycles. The Bertz CT molecular complexity index is 1050. The maximum absolute atomic E-state index is 11.1. The number of benzene rings is 2. The molecule has 4 aromatic rings. The third-order valence-corrected chi connectivity index (χ3v) is 4.10. The predicted octanol–water partition coefficient (Wildman–Crippen LogP) is 4.28. The lowest BCUT2D eigenvalue weighted by Crippen LogP contribution is -1.97. The normalized spacial score (nSPS) is 10.8. The third-order valence-electron chi connectivity index (χ3n) is 4.10. The Morgan fingerprint density at radius 2 is 1.73 bits per heavy atom. The van der Waals surface area contributed by atoms with Crippen LogP contribution in [0.15, 0.2) is 79.1 Å². The number of carboxylic acid groups (broad SMARTS) is 1. The number of ether oxygens (including phenoxy) is 1. The first-order valence-corrected chi connectivity index (χ1v) is 8.18. The largest absolute Gasteiger partial charge is 0.489 e. The van der Waals surface area contributed by atoms with E-state index in [1.165, 1.54) is 0 Å². The summed E-state index contributed by atoms with van der Waals surface area (Å²) in [5.41, 5.74) is 3.77. The number of imidazole rings is 1. The Morgan fingerprint density at radius 1 is 0.962 bits per heavy atom. The van der Waals surface area contributed by atoms with Gasteiger partial charge in [-0.05, 0) is 42.0 Å². The second-order valence-electron chi connectivity index (χ2n) is 5.91. The van der Waals surface area contributed by atoms with Gasteiger partial charge < -0.3 is 14.2 Å². The van der Waals surface area contributed by atoms with E-state index >= 15 is 0 Å². The average Bonchev–Trinajstić information content (AvgIpc) is 3.11. The predicted molar refractivity (Wildman–Crippen MR) is 98.4 cm³/mol. The number of hydrogen-bond acceptors (Lipinski definition) is 3. The molecule has 0 atom stereocenters. The van der Waals surface area contributed by atoms with Crippen LogP contribution in [-0.4, -0.2) is 20.5 Å². The lowest BCUT2D eigenvalue weighted by molar-refractivity contribution is 0.0696. The quantitative estimate of drug-likeness (QED) is 0.587. The molecule has 0 saturated heterocycles. The fourth-order valence-electron chi connectivity index (χ4n) is 2.72. The summed E-state index contributed by atoms with van der Waals surface area (Å²) in [6.45, 7) is 0.520. The second-order valence-corrected chi connectivity index (χ2v) is 5.91. The molecule has 0 bridgehead atoms. The Morgan fingerprint density at radius 3 is 2.46 bits per heavy atom. The van der Waals surface area contributed by atoms with Gasteiger partial charge in [-0.2, -0.15) is 0 Å². The van der Waals surface area contributed by atoms with Gasteiger partial charge in [0.15, 0.2) is 0 Å². The molecule has 128 valence electrons. The topological polar surface area (TPSA) is 63.8 Å². The average molecular weight is 344 g/mol. The van der Waals surface area contributed by atoms with Gasteiger partial charge in [0, 0.05) is 18.0 Å². The number of aromatic nitrogens is 2. The van der Waals surface area contributed by atoms with Crippen LogP contribution in [0.1, 0.15) is 15.9 Å². The molecular formula is C21H16N2O3. The summed E-state index contributed by atoms with van der Waals surface area (Å²) in [6.07, 6.45) is 3.38. The van der Waals surface area contributed by atoms with Crippen LogP contribution in [0.3, 0.4) is 0 Å². The zero-order chi connectivity index (χ0) is 17.9. The van der Waals surface area contributed by atoms with Gasteiger partial charge in [-0.25, -0.2) is 9.78 Å². The summed E-state index contributed by atoms with van der Waals surface area (Å²) in [5, 5.41) is 9.08. The van der Waals surface area contributed by atoms with Gasteiger partial charge in [-0.1, -0.05) is 30.3 Å². The molecule has 0 saturated carbocycles. The zero-order valence-corrected chi connectivity index (χ0v) is 13.9. The first-order chi connectivity index (χ1) is 12.7. The van der Waals surface area contributed by atoms with Crippen molar-refractivity contribution in [3.8, 4) is 17.0 Å². The molecule has 0 amide bonds. The second kappa shape index (κ2) is 6.72. The highest BCUT2D eigenvalue weighted by Crippen LogP contribution is 2.23. The number of rotatable bonds is 5. The summed E-state index contributed by atoms with van der Waals surface area (Å²) in [4.78, 5) is 15.6. The highest BCUT2D eigenvalue weighted by atomic mass is 16.5. The summed E-state index contributed by atoms with van der Waals surface area (Å²) in [7, 11) is 0. The van der Waals surface area contributed by atoms with E-state index < -0.39 is 5.97 Å². The van der Waals surface area contributed by atoms with E-state index in [0.29, 0.717) is 12.3 Å². The van der Waals surface area contributed by atoms with Crippen LogP contribution in [0, 0.1) is 0 Å². The highest BCUT2D eigenvalue weighted by molar-refractivity contribution is 5.87. The van der Waals surface area contributed by atoms with Gasteiger partial charge in [0.05, 0.1) is 11.3 Å². The molecule has 5 heteroatoms. The molecule has 0 radical (unpaired) electrons. The molecular weight excluding hydrogens is 328 g/mol. The number of fused-ring (bicyclic) bond motifs is 1. The SMILES string of the molecule is O=C(O)c1ccc2nc(-c3ccc(OCc4ccccc4)cc3)cn2c1. The maximum Gasteiger partial charge on any atom is 0.337 e. The molecule has 2 heterocycles. The molecule has 0 fully saturated rings. The van der Waals surface area contributed by atoms with Crippen LogP contribution in [0.2, 0.25) is 0 Å². The zero-order valence-electron chi connectivity index (χ0n) is 13.9. The lowest BCUT2D eigenvalue weighted by atomic mass is 10.1. The van der Waals surface area contributed by atoms with E-state index in [0.717, 1.165) is 22.6 Å². The molecule has 5 nitrogen and oxygen atoms in total. The van der Waals surface area contributed by atoms with Crippen LogP contribution in [0.25, 0.3) is 16.9 Å². The fourth-order valence-corrected chi connectivity index (χ4v) is 2.72. The van der Waals surface area contributed by atoms with Crippen LogP contribution >= 0.6 is 0 Å². The summed E-state index contributed by atoms with van der Waals surface area (Å²) < 4.78 is 7.51. The van der Waals surface area contributed by atoms with Crippen LogP contribution in [0.5, 0.6) is 5.75 Å².